The Hall–Kier alpha value is -5.62. The van der Waals surface area contributed by atoms with Gasteiger partial charge in [-0.1, -0.05) is 43.4 Å². The molecule has 0 spiro atoms. The molecule has 0 aliphatic heterocycles. The maximum absolute atomic E-state index is 14.2. The molecule has 4 rings (SSSR count). The molecule has 0 unspecified atom stereocenters. The topological polar surface area (TPSA) is 281 Å². The molecule has 0 bridgehead atoms. The van der Waals surface area contributed by atoms with E-state index in [4.69, 9.17) is 19.9 Å². The van der Waals surface area contributed by atoms with Crippen LogP contribution in [0.1, 0.15) is 48.8 Å². The van der Waals surface area contributed by atoms with Crippen molar-refractivity contribution in [3.63, 3.8) is 0 Å². The zero-order valence-corrected chi connectivity index (χ0v) is 30.4. The summed E-state index contributed by atoms with van der Waals surface area (Å²) in [4.78, 5) is 77.3. The quantitative estimate of drug-likeness (QED) is 0.0551. The number of nitrogens with two attached hydrogens (primary N) is 1. The average Bonchev–Trinajstić information content (AvgIpc) is 3.11. The molecule has 3 aliphatic carbocycles. The number of phenols is 1. The van der Waals surface area contributed by atoms with Crippen LogP contribution in [0.15, 0.2) is 60.4 Å². The van der Waals surface area contributed by atoms with Gasteiger partial charge in [0.2, 0.25) is 5.78 Å². The van der Waals surface area contributed by atoms with Gasteiger partial charge in [0.15, 0.2) is 17.0 Å². The van der Waals surface area contributed by atoms with E-state index < -0.39 is 131 Å². The van der Waals surface area contributed by atoms with Crippen molar-refractivity contribution >= 4 is 47.2 Å². The summed E-state index contributed by atoms with van der Waals surface area (Å²) in [6.45, 7) is 6.31. The van der Waals surface area contributed by atoms with Crippen molar-refractivity contribution in [2.45, 2.75) is 55.5 Å². The summed E-state index contributed by atoms with van der Waals surface area (Å²) in [5.41, 5.74) is -1.34. The maximum Gasteiger partial charge on any atom is 0.309 e. The molecule has 6 atom stereocenters. The molecule has 3 aliphatic rings. The molecule has 1 fully saturated rings. The first-order valence-electron chi connectivity index (χ1n) is 17.0. The first kappa shape index (κ1) is 42.1. The largest absolute Gasteiger partial charge is 0.508 e. The molecule has 55 heavy (non-hydrogen) atoms. The molecule has 0 aromatic heterocycles. The molecule has 0 radical (unpaired) electrons. The SMILES string of the molecule is C=CCC(=O)OCC(O)(COC(=O)CC=C)COC(=O)C/C=C/c1ccc2c(c1O)C(O)=C1C(=O)[C@]3(O)C(O)=C(C(N)=O)C(=O)[C@@H](N(C)C)[C@H]3[C@H](O)[C@@H]1[C@@H]2C. The second-order valence-electron chi connectivity index (χ2n) is 13.8. The van der Waals surface area contributed by atoms with Crippen molar-refractivity contribution in [3.8, 4) is 5.75 Å². The molecular weight excluding hydrogens is 724 g/mol. The molecule has 1 amide bonds. The number of fused-ring (bicyclic) bond motifs is 3. The van der Waals surface area contributed by atoms with Crippen molar-refractivity contribution in [1.82, 2.24) is 4.90 Å². The van der Waals surface area contributed by atoms with Gasteiger partial charge in [0, 0.05) is 17.1 Å². The third kappa shape index (κ3) is 7.82. The number of hydrogen-bond donors (Lipinski definition) is 7. The predicted molar refractivity (Wildman–Crippen MR) is 191 cm³/mol. The van der Waals surface area contributed by atoms with E-state index in [1.807, 2.05) is 0 Å². The van der Waals surface area contributed by atoms with E-state index in [0.717, 1.165) is 0 Å². The van der Waals surface area contributed by atoms with E-state index >= 15 is 0 Å². The maximum atomic E-state index is 14.2. The summed E-state index contributed by atoms with van der Waals surface area (Å²) in [5, 5.41) is 68.5. The van der Waals surface area contributed by atoms with E-state index in [1.165, 1.54) is 55.4 Å². The molecule has 8 N–H and O–H groups in total. The van der Waals surface area contributed by atoms with Crippen molar-refractivity contribution in [2.24, 2.45) is 17.6 Å². The van der Waals surface area contributed by atoms with Gasteiger partial charge in [-0.2, -0.15) is 0 Å². The van der Waals surface area contributed by atoms with Crippen LogP contribution >= 0.6 is 0 Å². The normalized spacial score (nSPS) is 24.9. The van der Waals surface area contributed by atoms with Crippen molar-refractivity contribution in [3.05, 3.63) is 77.1 Å². The highest BCUT2D eigenvalue weighted by molar-refractivity contribution is 6.24. The summed E-state index contributed by atoms with van der Waals surface area (Å²) >= 11 is 0. The number of esters is 3. The number of carbonyl (C=O) groups excluding carboxylic acids is 6. The zero-order valence-electron chi connectivity index (χ0n) is 30.4. The van der Waals surface area contributed by atoms with Crippen molar-refractivity contribution in [2.75, 3.05) is 33.9 Å². The zero-order chi connectivity index (χ0) is 41.2. The lowest BCUT2D eigenvalue weighted by atomic mass is 9.54. The standard InChI is InChI=1S/C38H44N2O15/c1-6-9-21(41)53-15-37(51,16-54-22(42)10-7-2)17-55-23(43)12-8-11-19-13-14-20-18(3)24-26(31(45)25(20)30(19)44)34(48)38(52)28(32(24)46)29(40(4)5)33(47)27(35(38)49)36(39)50/h6-8,11,13-14,18,24,28-29,32,44-46,49,51-52H,1-2,9-10,12,15-17H2,3-5H3,(H2,39,50)/b11-8+/t18-,24-,28+,29+,32-,38+/m1/s1. The van der Waals surface area contributed by atoms with Crippen LogP contribution in [-0.2, 0) is 43.0 Å². The number of amides is 1. The van der Waals surface area contributed by atoms with E-state index in [2.05, 4.69) is 13.2 Å². The Morgan fingerprint density at radius 3 is 1.96 bits per heavy atom. The minimum Gasteiger partial charge on any atom is -0.508 e. The van der Waals surface area contributed by atoms with Crippen LogP contribution in [0.5, 0.6) is 5.75 Å². The van der Waals surface area contributed by atoms with Gasteiger partial charge in [0.05, 0.1) is 42.9 Å². The second kappa shape index (κ2) is 16.4. The number of likely N-dealkylation sites (N-methyl/N-ethyl adjacent to an activating group) is 1. The number of nitrogens with zero attached hydrogens (tertiary/aromatic N) is 1. The van der Waals surface area contributed by atoms with E-state index in [1.54, 1.807) is 6.92 Å². The second-order valence-corrected chi connectivity index (χ2v) is 13.8. The fourth-order valence-electron chi connectivity index (χ4n) is 7.23. The smallest absolute Gasteiger partial charge is 0.309 e. The number of aliphatic hydroxyl groups excluding tert-OH is 3. The number of ether oxygens (including phenoxy) is 3. The van der Waals surface area contributed by atoms with Gasteiger partial charge in [-0.05, 0) is 25.6 Å². The number of ketones is 2. The first-order valence-corrected chi connectivity index (χ1v) is 17.0. The lowest BCUT2D eigenvalue weighted by molar-refractivity contribution is -0.174. The molecule has 17 heteroatoms. The molecular formula is C38H44N2O15. The van der Waals surface area contributed by atoms with Gasteiger partial charge in [0.1, 0.15) is 42.7 Å². The fraction of sp³-hybridized carbons (Fsp3) is 0.421. The summed E-state index contributed by atoms with van der Waals surface area (Å²) < 4.78 is 15.1. The molecule has 296 valence electrons. The van der Waals surface area contributed by atoms with Gasteiger partial charge < -0.3 is 50.6 Å². The number of hydrogen-bond acceptors (Lipinski definition) is 16. The number of aliphatic hydroxyl groups is 5. The van der Waals surface area contributed by atoms with Crippen LogP contribution in [0.3, 0.4) is 0 Å². The Bertz CT molecular complexity index is 1880. The highest BCUT2D eigenvalue weighted by Gasteiger charge is 2.68. The van der Waals surface area contributed by atoms with Gasteiger partial charge in [-0.25, -0.2) is 0 Å². The Labute approximate surface area is 315 Å². The lowest BCUT2D eigenvalue weighted by Gasteiger charge is -2.53. The summed E-state index contributed by atoms with van der Waals surface area (Å²) in [5.74, 6) is -12.6. The van der Waals surface area contributed by atoms with E-state index in [-0.39, 0.29) is 29.5 Å². The van der Waals surface area contributed by atoms with Crippen LogP contribution < -0.4 is 5.73 Å². The van der Waals surface area contributed by atoms with Crippen LogP contribution in [0.2, 0.25) is 0 Å². The number of phenolic OH excluding ortho intramolecular Hbond substituents is 1. The number of carbonyl (C=O) groups is 6. The minimum absolute atomic E-state index is 0.0409. The fourth-order valence-corrected chi connectivity index (χ4v) is 7.23. The van der Waals surface area contributed by atoms with Crippen LogP contribution in [0, 0.1) is 11.8 Å². The van der Waals surface area contributed by atoms with Gasteiger partial charge >= 0.3 is 17.9 Å². The van der Waals surface area contributed by atoms with E-state index in [9.17, 15) is 59.4 Å². The number of Topliss-reactive ketones (excluding diaryl/α,β-unsaturated/α-hetero) is 2. The number of benzene rings is 1. The Morgan fingerprint density at radius 1 is 0.945 bits per heavy atom. The number of primary amides is 1. The molecule has 1 aromatic rings. The number of aromatic hydroxyl groups is 1. The lowest BCUT2D eigenvalue weighted by Crippen LogP contribution is -2.70. The summed E-state index contributed by atoms with van der Waals surface area (Å²) in [6.07, 6.45) is 2.60. The van der Waals surface area contributed by atoms with Crippen molar-refractivity contribution in [1.29, 1.82) is 0 Å². The Morgan fingerprint density at radius 2 is 1.47 bits per heavy atom. The third-order valence-corrected chi connectivity index (χ3v) is 9.87. The van der Waals surface area contributed by atoms with Crippen LogP contribution in [0.4, 0.5) is 0 Å². The highest BCUT2D eigenvalue weighted by Crippen LogP contribution is 2.56. The molecule has 1 saturated carbocycles. The van der Waals surface area contributed by atoms with Crippen LogP contribution in [0.25, 0.3) is 11.8 Å². The highest BCUT2D eigenvalue weighted by atomic mass is 16.6. The van der Waals surface area contributed by atoms with E-state index in [0.29, 0.717) is 0 Å². The van der Waals surface area contributed by atoms with Gasteiger partial charge in [0.25, 0.3) is 5.91 Å². The third-order valence-electron chi connectivity index (χ3n) is 9.87. The van der Waals surface area contributed by atoms with Gasteiger partial charge in [-0.3, -0.25) is 33.7 Å². The average molecular weight is 769 g/mol. The summed E-state index contributed by atoms with van der Waals surface area (Å²) in [6, 6.07) is 1.45. The number of rotatable bonds is 15. The van der Waals surface area contributed by atoms with Crippen LogP contribution in [-0.4, -0.2) is 128 Å². The minimum atomic E-state index is -3.07. The Kier molecular flexibility index (Phi) is 12.6. The molecule has 17 nitrogen and oxygen atoms in total. The molecule has 0 saturated heterocycles. The first-order chi connectivity index (χ1) is 25.8. The van der Waals surface area contributed by atoms with Crippen molar-refractivity contribution < 1.29 is 73.6 Å². The molecule has 1 aromatic carbocycles. The monoisotopic (exact) mass is 768 g/mol. The summed E-state index contributed by atoms with van der Waals surface area (Å²) in [7, 11) is 2.82. The van der Waals surface area contributed by atoms with Gasteiger partial charge in [-0.15, -0.1) is 13.2 Å². The molecule has 0 heterocycles. The Balaban J connectivity index is 1.61. The predicted octanol–water partition coefficient (Wildman–Crippen LogP) is 0.412.